The van der Waals surface area contributed by atoms with E-state index < -0.39 is 0 Å². The van der Waals surface area contributed by atoms with E-state index in [1.54, 1.807) is 13.2 Å². The predicted octanol–water partition coefficient (Wildman–Crippen LogP) is 2.25. The van der Waals surface area contributed by atoms with Gasteiger partial charge in [0.05, 0.1) is 12.0 Å². The molecule has 1 aliphatic heterocycles. The molecular weight excluding hydrogens is 316 g/mol. The summed E-state index contributed by atoms with van der Waals surface area (Å²) >= 11 is 4.79. The van der Waals surface area contributed by atoms with Crippen molar-refractivity contribution in [2.75, 3.05) is 20.2 Å². The fraction of sp³-hybridized carbons (Fsp3) is 0.583. The summed E-state index contributed by atoms with van der Waals surface area (Å²) in [5, 5.41) is 6.43. The summed E-state index contributed by atoms with van der Waals surface area (Å²) < 4.78 is 6.02. The van der Waals surface area contributed by atoms with Crippen LogP contribution in [0, 0.1) is 5.92 Å². The number of halogens is 1. The summed E-state index contributed by atoms with van der Waals surface area (Å²) in [4.78, 5) is 12.8. The van der Waals surface area contributed by atoms with Crippen LogP contribution in [0.15, 0.2) is 9.85 Å². The minimum absolute atomic E-state index is 0.0113. The molecule has 1 fully saturated rings. The molecule has 4 nitrogen and oxygen atoms in total. The zero-order chi connectivity index (χ0) is 13.1. The molecular formula is C12H17BrN2O2S. The van der Waals surface area contributed by atoms with Crippen molar-refractivity contribution in [3.05, 3.63) is 14.7 Å². The smallest absolute Gasteiger partial charge is 0.261 e. The average Bonchev–Trinajstić information content (AvgIpc) is 2.73. The Morgan fingerprint density at radius 1 is 1.67 bits per heavy atom. The highest BCUT2D eigenvalue weighted by atomic mass is 79.9. The number of hydrogen-bond donors (Lipinski definition) is 2. The summed E-state index contributed by atoms with van der Waals surface area (Å²) in [6.45, 7) is 4.08. The van der Waals surface area contributed by atoms with Crippen LogP contribution >= 0.6 is 27.3 Å². The van der Waals surface area contributed by atoms with Crippen molar-refractivity contribution >= 4 is 33.2 Å². The standard InChI is InChI=1S/C12H17BrN2O2S/c1-7-6-14-4-3-8(7)15-12(16)10-5-9(17-2)11(13)18-10/h5,7-8,14H,3-4,6H2,1-2H3,(H,15,16). The van der Waals surface area contributed by atoms with Gasteiger partial charge in [0, 0.05) is 12.1 Å². The van der Waals surface area contributed by atoms with Crippen LogP contribution in [0.1, 0.15) is 23.0 Å². The molecule has 100 valence electrons. The van der Waals surface area contributed by atoms with Crippen molar-refractivity contribution in [3.8, 4) is 5.75 Å². The molecule has 1 aromatic heterocycles. The van der Waals surface area contributed by atoms with E-state index in [1.165, 1.54) is 11.3 Å². The Hall–Kier alpha value is -0.590. The van der Waals surface area contributed by atoms with Gasteiger partial charge >= 0.3 is 0 Å². The highest BCUT2D eigenvalue weighted by molar-refractivity contribution is 9.11. The molecule has 0 aromatic carbocycles. The van der Waals surface area contributed by atoms with Crippen LogP contribution in [-0.4, -0.2) is 32.1 Å². The Labute approximate surface area is 119 Å². The van der Waals surface area contributed by atoms with Gasteiger partial charge in [-0.25, -0.2) is 0 Å². The van der Waals surface area contributed by atoms with E-state index in [9.17, 15) is 4.79 Å². The zero-order valence-corrected chi connectivity index (χ0v) is 12.9. The second-order valence-electron chi connectivity index (χ2n) is 4.50. The molecule has 0 aliphatic carbocycles. The maximum atomic E-state index is 12.1. The molecule has 2 atom stereocenters. The highest BCUT2D eigenvalue weighted by Gasteiger charge is 2.24. The second kappa shape index (κ2) is 6.04. The molecule has 1 amide bonds. The predicted molar refractivity (Wildman–Crippen MR) is 76.5 cm³/mol. The van der Waals surface area contributed by atoms with Gasteiger partial charge in [0.25, 0.3) is 5.91 Å². The molecule has 0 spiro atoms. The number of nitrogens with one attached hydrogen (secondary N) is 2. The monoisotopic (exact) mass is 332 g/mol. The van der Waals surface area contributed by atoms with Crippen LogP contribution in [0.4, 0.5) is 0 Å². The molecule has 0 bridgehead atoms. The van der Waals surface area contributed by atoms with Crippen molar-refractivity contribution in [3.63, 3.8) is 0 Å². The van der Waals surface area contributed by atoms with Gasteiger partial charge in [-0.2, -0.15) is 0 Å². The van der Waals surface area contributed by atoms with Gasteiger partial charge in [0.15, 0.2) is 0 Å². The van der Waals surface area contributed by atoms with Gasteiger partial charge in [-0.15, -0.1) is 11.3 Å². The fourth-order valence-electron chi connectivity index (χ4n) is 2.07. The van der Waals surface area contributed by atoms with Crippen LogP contribution in [0.25, 0.3) is 0 Å². The lowest BCUT2D eigenvalue weighted by Gasteiger charge is -2.30. The molecule has 2 unspecified atom stereocenters. The second-order valence-corrected chi connectivity index (χ2v) is 6.87. The summed E-state index contributed by atoms with van der Waals surface area (Å²) in [7, 11) is 1.60. The first-order valence-electron chi connectivity index (χ1n) is 5.96. The molecule has 0 radical (unpaired) electrons. The Balaban J connectivity index is 2.02. The first-order valence-corrected chi connectivity index (χ1v) is 7.57. The average molecular weight is 333 g/mol. The van der Waals surface area contributed by atoms with E-state index in [2.05, 4.69) is 33.5 Å². The lowest BCUT2D eigenvalue weighted by molar-refractivity contribution is 0.0918. The van der Waals surface area contributed by atoms with Crippen molar-refractivity contribution < 1.29 is 9.53 Å². The van der Waals surface area contributed by atoms with Crippen molar-refractivity contribution in [1.29, 1.82) is 0 Å². The van der Waals surface area contributed by atoms with E-state index in [4.69, 9.17) is 4.74 Å². The van der Waals surface area contributed by atoms with Crippen molar-refractivity contribution in [1.82, 2.24) is 10.6 Å². The number of hydrogen-bond acceptors (Lipinski definition) is 4. The maximum Gasteiger partial charge on any atom is 0.261 e. The third-order valence-electron chi connectivity index (χ3n) is 3.20. The minimum Gasteiger partial charge on any atom is -0.495 e. The molecule has 6 heteroatoms. The van der Waals surface area contributed by atoms with E-state index >= 15 is 0 Å². The summed E-state index contributed by atoms with van der Waals surface area (Å²) in [6, 6.07) is 2.03. The molecule has 2 heterocycles. The SMILES string of the molecule is COc1cc(C(=O)NC2CCNCC2C)sc1Br. The van der Waals surface area contributed by atoms with Crippen LogP contribution in [0.5, 0.6) is 5.75 Å². The molecule has 2 rings (SSSR count). The number of thiophene rings is 1. The third kappa shape index (κ3) is 3.05. The first-order chi connectivity index (χ1) is 8.61. The van der Waals surface area contributed by atoms with E-state index in [1.807, 2.05) is 0 Å². The van der Waals surface area contributed by atoms with E-state index in [0.717, 1.165) is 23.3 Å². The summed E-state index contributed by atoms with van der Waals surface area (Å²) in [6.07, 6.45) is 0.983. The van der Waals surface area contributed by atoms with Gasteiger partial charge in [-0.1, -0.05) is 6.92 Å². The number of ether oxygens (including phenoxy) is 1. The number of rotatable bonds is 3. The molecule has 1 saturated heterocycles. The maximum absolute atomic E-state index is 12.1. The molecule has 18 heavy (non-hydrogen) atoms. The summed E-state index contributed by atoms with van der Waals surface area (Å²) in [5.41, 5.74) is 0. The topological polar surface area (TPSA) is 50.4 Å². The number of methoxy groups -OCH3 is 1. The molecule has 0 saturated carbocycles. The van der Waals surface area contributed by atoms with Crippen molar-refractivity contribution in [2.24, 2.45) is 5.92 Å². The Bertz CT molecular complexity index is 436. The first kappa shape index (κ1) is 13.8. The molecule has 1 aliphatic rings. The van der Waals surface area contributed by atoms with E-state index in [0.29, 0.717) is 16.5 Å². The zero-order valence-electron chi connectivity index (χ0n) is 10.5. The molecule has 1 aromatic rings. The molecule has 2 N–H and O–H groups in total. The Kier molecular flexibility index (Phi) is 4.64. The summed E-state index contributed by atoms with van der Waals surface area (Å²) in [5.74, 6) is 1.17. The number of carbonyl (C=O) groups excluding carboxylic acids is 1. The van der Waals surface area contributed by atoms with E-state index in [-0.39, 0.29) is 11.9 Å². The number of piperidine rings is 1. The normalized spacial score (nSPS) is 23.7. The third-order valence-corrected chi connectivity index (χ3v) is 4.98. The van der Waals surface area contributed by atoms with Crippen LogP contribution < -0.4 is 15.4 Å². The lowest BCUT2D eigenvalue weighted by Crippen LogP contribution is -2.48. The van der Waals surface area contributed by atoms with Crippen LogP contribution in [-0.2, 0) is 0 Å². The number of carbonyl (C=O) groups is 1. The quantitative estimate of drug-likeness (QED) is 0.892. The number of amides is 1. The van der Waals surface area contributed by atoms with Gasteiger partial charge < -0.3 is 15.4 Å². The van der Waals surface area contributed by atoms with Gasteiger partial charge in [-0.3, -0.25) is 4.79 Å². The highest BCUT2D eigenvalue weighted by Crippen LogP contribution is 2.34. The van der Waals surface area contributed by atoms with Gasteiger partial charge in [0.2, 0.25) is 0 Å². The van der Waals surface area contributed by atoms with Crippen molar-refractivity contribution in [2.45, 2.75) is 19.4 Å². The lowest BCUT2D eigenvalue weighted by atomic mass is 9.95. The van der Waals surface area contributed by atoms with Gasteiger partial charge in [0.1, 0.15) is 9.54 Å². The fourth-order valence-corrected chi connectivity index (χ4v) is 3.62. The Morgan fingerprint density at radius 3 is 3.06 bits per heavy atom. The largest absolute Gasteiger partial charge is 0.495 e. The Morgan fingerprint density at radius 2 is 2.44 bits per heavy atom. The minimum atomic E-state index is -0.0113. The van der Waals surface area contributed by atoms with Crippen LogP contribution in [0.3, 0.4) is 0 Å². The van der Waals surface area contributed by atoms with Gasteiger partial charge in [-0.05, 0) is 41.4 Å². The van der Waals surface area contributed by atoms with Crippen LogP contribution in [0.2, 0.25) is 0 Å².